The van der Waals surface area contributed by atoms with E-state index >= 15 is 0 Å². The Bertz CT molecular complexity index is 1050. The highest BCUT2D eigenvalue weighted by Gasteiger charge is 2.21. The molecule has 0 atom stereocenters. The number of carbonyl (C=O) groups excluding carboxylic acids is 2. The number of halogens is 1. The van der Waals surface area contributed by atoms with Crippen LogP contribution in [-0.2, 0) is 4.74 Å². The fourth-order valence-electron chi connectivity index (χ4n) is 3.16. The van der Waals surface area contributed by atoms with Gasteiger partial charge >= 0.3 is 12.1 Å². The van der Waals surface area contributed by atoms with Crippen LogP contribution in [0.3, 0.4) is 0 Å². The van der Waals surface area contributed by atoms with Crippen LogP contribution in [0.5, 0.6) is 0 Å². The van der Waals surface area contributed by atoms with Gasteiger partial charge in [0.05, 0.1) is 0 Å². The third-order valence-corrected chi connectivity index (χ3v) is 4.66. The van der Waals surface area contributed by atoms with Gasteiger partial charge in [0.1, 0.15) is 17.5 Å². The summed E-state index contributed by atoms with van der Waals surface area (Å²) >= 11 is 0. The number of benzene rings is 1. The van der Waals surface area contributed by atoms with Gasteiger partial charge in [-0.15, -0.1) is 0 Å². The monoisotopic (exact) mass is 499 g/mol. The summed E-state index contributed by atoms with van der Waals surface area (Å²) in [5, 5.41) is 13.4. The molecule has 36 heavy (non-hydrogen) atoms. The summed E-state index contributed by atoms with van der Waals surface area (Å²) in [6.07, 6.45) is 2.12. The van der Waals surface area contributed by atoms with Gasteiger partial charge in [0, 0.05) is 37.6 Å². The number of nitrogens with one attached hydrogen (secondary N) is 2. The van der Waals surface area contributed by atoms with Gasteiger partial charge in [0.25, 0.3) is 0 Å². The SMILES string of the molecule is CC(C)CN(NC(=O)N(CCCCNC(=O)OC(C)(C)C)c1ccc(F)cc1)c1ccnc(C#N)n1. The highest BCUT2D eigenvalue weighted by molar-refractivity contribution is 5.92. The van der Waals surface area contributed by atoms with Crippen molar-refractivity contribution in [3.8, 4) is 6.07 Å². The average molecular weight is 500 g/mol. The lowest BCUT2D eigenvalue weighted by Gasteiger charge is -2.30. The van der Waals surface area contributed by atoms with Gasteiger partial charge in [-0.25, -0.2) is 24.4 Å². The second kappa shape index (κ2) is 13.2. The topological polar surface area (TPSA) is 123 Å². The molecule has 0 saturated carbocycles. The van der Waals surface area contributed by atoms with E-state index in [0.29, 0.717) is 44.0 Å². The van der Waals surface area contributed by atoms with Gasteiger partial charge in [-0.1, -0.05) is 13.8 Å². The quantitative estimate of drug-likeness (QED) is 0.367. The number of unbranched alkanes of at least 4 members (excludes halogenated alkanes) is 1. The maximum Gasteiger partial charge on any atom is 0.407 e. The van der Waals surface area contributed by atoms with E-state index in [9.17, 15) is 14.0 Å². The first-order valence-corrected chi connectivity index (χ1v) is 11.8. The molecule has 0 unspecified atom stereocenters. The molecule has 0 radical (unpaired) electrons. The van der Waals surface area contributed by atoms with E-state index in [0.717, 1.165) is 0 Å². The Kier molecular flexibility index (Phi) is 10.4. The summed E-state index contributed by atoms with van der Waals surface area (Å²) in [5.74, 6) is 0.128. The first kappa shape index (κ1) is 28.3. The number of nitriles is 1. The van der Waals surface area contributed by atoms with Crippen LogP contribution in [0.1, 0.15) is 53.3 Å². The summed E-state index contributed by atoms with van der Waals surface area (Å²) < 4.78 is 18.7. The summed E-state index contributed by atoms with van der Waals surface area (Å²) in [6, 6.07) is 8.68. The fraction of sp³-hybridized carbons (Fsp3) is 0.480. The van der Waals surface area contributed by atoms with E-state index in [-0.39, 0.29) is 11.7 Å². The van der Waals surface area contributed by atoms with E-state index < -0.39 is 23.5 Å². The van der Waals surface area contributed by atoms with Crippen molar-refractivity contribution in [1.29, 1.82) is 5.26 Å². The third-order valence-electron chi connectivity index (χ3n) is 4.66. The number of hydrogen-bond donors (Lipinski definition) is 2. The van der Waals surface area contributed by atoms with E-state index in [1.165, 1.54) is 35.4 Å². The third kappa shape index (κ3) is 9.74. The van der Waals surface area contributed by atoms with Gasteiger partial charge in [-0.2, -0.15) is 10.2 Å². The normalized spacial score (nSPS) is 10.9. The van der Waals surface area contributed by atoms with Crippen molar-refractivity contribution < 1.29 is 18.7 Å². The molecular weight excluding hydrogens is 465 g/mol. The maximum atomic E-state index is 13.5. The lowest BCUT2D eigenvalue weighted by Crippen LogP contribution is -2.51. The molecule has 2 rings (SSSR count). The van der Waals surface area contributed by atoms with E-state index in [1.807, 2.05) is 19.9 Å². The molecule has 1 aromatic heterocycles. The Labute approximate surface area is 211 Å². The second-order valence-electron chi connectivity index (χ2n) is 9.54. The molecule has 0 aliphatic rings. The number of urea groups is 1. The van der Waals surface area contributed by atoms with Crippen LogP contribution in [0, 0.1) is 23.1 Å². The minimum Gasteiger partial charge on any atom is -0.444 e. The van der Waals surface area contributed by atoms with Crippen LogP contribution >= 0.6 is 0 Å². The zero-order valence-corrected chi connectivity index (χ0v) is 21.4. The van der Waals surface area contributed by atoms with Crippen LogP contribution in [0.15, 0.2) is 36.5 Å². The highest BCUT2D eigenvalue weighted by atomic mass is 19.1. The summed E-state index contributed by atoms with van der Waals surface area (Å²) in [4.78, 5) is 34.7. The minimum absolute atomic E-state index is 0.0108. The Hall–Kier alpha value is -3.94. The maximum absolute atomic E-state index is 13.5. The molecular formula is C25H34FN7O3. The number of aromatic nitrogens is 2. The molecule has 10 nitrogen and oxygen atoms in total. The van der Waals surface area contributed by atoms with E-state index in [4.69, 9.17) is 10.00 Å². The second-order valence-corrected chi connectivity index (χ2v) is 9.54. The lowest BCUT2D eigenvalue weighted by molar-refractivity contribution is 0.0527. The predicted octanol–water partition coefficient (Wildman–Crippen LogP) is 4.39. The average Bonchev–Trinajstić information content (AvgIpc) is 2.80. The molecule has 2 N–H and O–H groups in total. The Balaban J connectivity index is 2.10. The zero-order chi connectivity index (χ0) is 26.7. The highest BCUT2D eigenvalue weighted by Crippen LogP contribution is 2.17. The lowest BCUT2D eigenvalue weighted by atomic mass is 10.2. The summed E-state index contributed by atoms with van der Waals surface area (Å²) in [7, 11) is 0. The van der Waals surface area contributed by atoms with E-state index in [1.54, 1.807) is 31.8 Å². The zero-order valence-electron chi connectivity index (χ0n) is 21.4. The summed E-state index contributed by atoms with van der Waals surface area (Å²) in [6.45, 7) is 10.5. The fourth-order valence-corrected chi connectivity index (χ4v) is 3.16. The van der Waals surface area contributed by atoms with Crippen molar-refractivity contribution in [2.24, 2.45) is 5.92 Å². The minimum atomic E-state index is -0.582. The number of ether oxygens (including phenoxy) is 1. The van der Waals surface area contributed by atoms with Crippen molar-refractivity contribution >= 4 is 23.6 Å². The molecule has 3 amide bonds. The largest absolute Gasteiger partial charge is 0.444 e. The first-order chi connectivity index (χ1) is 17.0. The van der Waals surface area contributed by atoms with Crippen LogP contribution in [0.4, 0.5) is 25.5 Å². The van der Waals surface area contributed by atoms with Crippen molar-refractivity contribution in [3.05, 3.63) is 48.2 Å². The van der Waals surface area contributed by atoms with Crippen molar-refractivity contribution in [1.82, 2.24) is 20.7 Å². The Morgan fingerprint density at radius 1 is 1.17 bits per heavy atom. The van der Waals surface area contributed by atoms with Crippen LogP contribution in [-0.4, -0.2) is 47.3 Å². The number of hydrogen-bond acceptors (Lipinski definition) is 7. The molecule has 0 fully saturated rings. The Morgan fingerprint density at radius 2 is 1.86 bits per heavy atom. The smallest absolute Gasteiger partial charge is 0.407 e. The molecule has 0 bridgehead atoms. The number of anilines is 2. The molecule has 1 heterocycles. The Morgan fingerprint density at radius 3 is 2.47 bits per heavy atom. The standard InChI is InChI=1S/C25H34FN7O3/c1-18(2)17-33(22-12-14-28-21(16-27)30-22)31-23(34)32(20-10-8-19(26)9-11-20)15-7-6-13-29-24(35)36-25(3,4)5/h8-12,14,18H,6-7,13,15,17H2,1-5H3,(H,29,35)(H,31,34). The van der Waals surface area contributed by atoms with Crippen LogP contribution < -0.4 is 20.7 Å². The number of hydrazine groups is 1. The molecule has 0 aliphatic carbocycles. The van der Waals surface area contributed by atoms with Crippen LogP contribution in [0.2, 0.25) is 0 Å². The molecule has 1 aromatic carbocycles. The molecule has 2 aromatic rings. The van der Waals surface area contributed by atoms with Gasteiger partial charge in [0.2, 0.25) is 5.82 Å². The molecule has 0 aliphatic heterocycles. The first-order valence-electron chi connectivity index (χ1n) is 11.8. The number of carbonyl (C=O) groups is 2. The van der Waals surface area contributed by atoms with Gasteiger partial charge < -0.3 is 10.1 Å². The predicted molar refractivity (Wildman–Crippen MR) is 135 cm³/mol. The number of nitrogens with zero attached hydrogens (tertiary/aromatic N) is 5. The van der Waals surface area contributed by atoms with E-state index in [2.05, 4.69) is 20.7 Å². The molecule has 0 saturated heterocycles. The van der Waals surface area contributed by atoms with Gasteiger partial charge in [-0.05, 0) is 63.8 Å². The molecule has 194 valence electrons. The number of alkyl carbamates (subject to hydrolysis) is 1. The van der Waals surface area contributed by atoms with Crippen molar-refractivity contribution in [2.45, 2.75) is 53.1 Å². The van der Waals surface area contributed by atoms with Crippen molar-refractivity contribution in [3.63, 3.8) is 0 Å². The molecule has 0 spiro atoms. The van der Waals surface area contributed by atoms with Gasteiger partial charge in [0.15, 0.2) is 5.82 Å². The van der Waals surface area contributed by atoms with Crippen molar-refractivity contribution in [2.75, 3.05) is 29.5 Å². The van der Waals surface area contributed by atoms with Gasteiger partial charge in [-0.3, -0.25) is 9.91 Å². The molecule has 11 heteroatoms. The number of rotatable bonds is 10. The summed E-state index contributed by atoms with van der Waals surface area (Å²) in [5.41, 5.74) is 2.78. The number of amides is 3. The van der Waals surface area contributed by atoms with Crippen LogP contribution in [0.25, 0.3) is 0 Å².